The molecule has 0 aromatic carbocycles. The number of piperidine rings is 1. The van der Waals surface area contributed by atoms with Gasteiger partial charge in [0.25, 0.3) is 5.56 Å². The van der Waals surface area contributed by atoms with Crippen LogP contribution in [-0.4, -0.2) is 39.1 Å². The minimum absolute atomic E-state index is 0.0909. The monoisotopic (exact) mass is 413 g/mol. The molecular formula is C18H22F3N5OS. The second-order valence-corrected chi connectivity index (χ2v) is 7.68. The van der Waals surface area contributed by atoms with E-state index in [-0.39, 0.29) is 12.5 Å². The van der Waals surface area contributed by atoms with Crippen molar-refractivity contribution in [3.8, 4) is 0 Å². The molecule has 0 saturated carbocycles. The molecule has 0 amide bonds. The molecule has 0 bridgehead atoms. The van der Waals surface area contributed by atoms with Crippen LogP contribution >= 0.6 is 11.8 Å². The molecule has 1 saturated heterocycles. The molecule has 28 heavy (non-hydrogen) atoms. The van der Waals surface area contributed by atoms with Crippen LogP contribution < -0.4 is 10.5 Å². The van der Waals surface area contributed by atoms with Gasteiger partial charge in [0.1, 0.15) is 5.82 Å². The standard InChI is InChI=1S/C18H22F3N5OS/c1-11-12(2)22-17(28-3)23-16(11)25-8-6-13(7-9-25)10-26-15(27)5-4-14(24-26)18(19,20)21/h4-5,13H,6-10H2,1-3H3. The van der Waals surface area contributed by atoms with Gasteiger partial charge in [-0.3, -0.25) is 4.79 Å². The molecule has 1 aliphatic rings. The lowest BCUT2D eigenvalue weighted by molar-refractivity contribution is -0.142. The molecule has 3 heterocycles. The zero-order valence-electron chi connectivity index (χ0n) is 16.0. The Balaban J connectivity index is 1.70. The van der Waals surface area contributed by atoms with Gasteiger partial charge < -0.3 is 4.90 Å². The minimum Gasteiger partial charge on any atom is -0.356 e. The van der Waals surface area contributed by atoms with E-state index in [0.29, 0.717) is 0 Å². The van der Waals surface area contributed by atoms with E-state index < -0.39 is 17.4 Å². The number of halogens is 3. The SMILES string of the molecule is CSc1nc(C)c(C)c(N2CCC(Cn3nc(C(F)(F)F)ccc3=O)CC2)n1. The zero-order valence-corrected chi connectivity index (χ0v) is 16.8. The number of anilines is 1. The second kappa shape index (κ2) is 8.10. The van der Waals surface area contributed by atoms with E-state index in [1.807, 2.05) is 20.1 Å². The number of hydrogen-bond acceptors (Lipinski definition) is 6. The Morgan fingerprint density at radius 3 is 2.46 bits per heavy atom. The van der Waals surface area contributed by atoms with E-state index in [0.717, 1.165) is 65.0 Å². The smallest absolute Gasteiger partial charge is 0.356 e. The maximum absolute atomic E-state index is 12.9. The molecule has 0 N–H and O–H groups in total. The lowest BCUT2D eigenvalue weighted by Crippen LogP contribution is -2.38. The van der Waals surface area contributed by atoms with Crippen molar-refractivity contribution in [2.24, 2.45) is 5.92 Å². The van der Waals surface area contributed by atoms with E-state index in [1.54, 1.807) is 0 Å². The molecule has 10 heteroatoms. The summed E-state index contributed by atoms with van der Waals surface area (Å²) >= 11 is 1.49. The van der Waals surface area contributed by atoms with Crippen LogP contribution in [0, 0.1) is 19.8 Å². The van der Waals surface area contributed by atoms with Gasteiger partial charge in [-0.2, -0.15) is 18.3 Å². The molecule has 6 nitrogen and oxygen atoms in total. The van der Waals surface area contributed by atoms with Crippen LogP contribution in [0.4, 0.5) is 19.0 Å². The Kier molecular flexibility index (Phi) is 5.97. The number of thioether (sulfide) groups is 1. The topological polar surface area (TPSA) is 63.9 Å². The third kappa shape index (κ3) is 4.48. The molecule has 0 unspecified atom stereocenters. The summed E-state index contributed by atoms with van der Waals surface area (Å²) in [6, 6.07) is 1.66. The molecule has 0 radical (unpaired) electrons. The molecule has 0 aliphatic carbocycles. The van der Waals surface area contributed by atoms with Gasteiger partial charge in [-0.25, -0.2) is 14.6 Å². The first-order valence-corrected chi connectivity index (χ1v) is 10.2. The Bertz CT molecular complexity index is 907. The average molecular weight is 413 g/mol. The summed E-state index contributed by atoms with van der Waals surface area (Å²) in [5.41, 5.74) is 0.423. The van der Waals surface area contributed by atoms with Crippen LogP contribution in [0.5, 0.6) is 0 Å². The maximum atomic E-state index is 12.9. The first kappa shape index (κ1) is 20.6. The normalized spacial score (nSPS) is 15.9. The molecule has 2 aromatic rings. The highest BCUT2D eigenvalue weighted by molar-refractivity contribution is 7.98. The number of hydrogen-bond donors (Lipinski definition) is 0. The fourth-order valence-corrected chi connectivity index (χ4v) is 3.70. The lowest BCUT2D eigenvalue weighted by atomic mass is 9.96. The molecule has 0 spiro atoms. The summed E-state index contributed by atoms with van der Waals surface area (Å²) in [6.45, 7) is 5.59. The lowest BCUT2D eigenvalue weighted by Gasteiger charge is -2.34. The average Bonchev–Trinajstić information content (AvgIpc) is 2.65. The van der Waals surface area contributed by atoms with Crippen LogP contribution in [0.25, 0.3) is 0 Å². The van der Waals surface area contributed by atoms with E-state index in [9.17, 15) is 18.0 Å². The largest absolute Gasteiger partial charge is 0.435 e. The highest BCUT2D eigenvalue weighted by Crippen LogP contribution is 2.29. The Morgan fingerprint density at radius 1 is 1.18 bits per heavy atom. The van der Waals surface area contributed by atoms with Crippen molar-refractivity contribution in [1.29, 1.82) is 0 Å². The van der Waals surface area contributed by atoms with E-state index >= 15 is 0 Å². The van der Waals surface area contributed by atoms with Gasteiger partial charge in [0.2, 0.25) is 0 Å². The summed E-state index contributed by atoms with van der Waals surface area (Å²) in [6.07, 6.45) is -1.13. The van der Waals surface area contributed by atoms with Gasteiger partial charge in [0.15, 0.2) is 10.9 Å². The van der Waals surface area contributed by atoms with Crippen LogP contribution in [0.1, 0.15) is 29.8 Å². The van der Waals surface area contributed by atoms with Crippen molar-refractivity contribution in [2.45, 2.75) is 44.6 Å². The van der Waals surface area contributed by atoms with Gasteiger partial charge in [0.05, 0.1) is 0 Å². The fraction of sp³-hybridized carbons (Fsp3) is 0.556. The Hall–Kier alpha value is -2.10. The molecular weight excluding hydrogens is 391 g/mol. The van der Waals surface area contributed by atoms with Crippen molar-refractivity contribution in [1.82, 2.24) is 19.7 Å². The highest BCUT2D eigenvalue weighted by atomic mass is 32.2. The zero-order chi connectivity index (χ0) is 20.5. The van der Waals surface area contributed by atoms with Crippen molar-refractivity contribution in [2.75, 3.05) is 24.2 Å². The third-order valence-corrected chi connectivity index (χ3v) is 5.58. The quantitative estimate of drug-likeness (QED) is 0.566. The molecule has 2 aromatic heterocycles. The second-order valence-electron chi connectivity index (χ2n) is 6.91. The van der Waals surface area contributed by atoms with Crippen LogP contribution in [0.3, 0.4) is 0 Å². The first-order valence-electron chi connectivity index (χ1n) is 8.98. The maximum Gasteiger partial charge on any atom is 0.435 e. The van der Waals surface area contributed by atoms with Crippen molar-refractivity contribution >= 4 is 17.6 Å². The summed E-state index contributed by atoms with van der Waals surface area (Å²) < 4.78 is 39.5. The number of aryl methyl sites for hydroxylation is 1. The molecule has 1 fully saturated rings. The molecule has 1 aliphatic heterocycles. The van der Waals surface area contributed by atoms with Gasteiger partial charge >= 0.3 is 6.18 Å². The summed E-state index contributed by atoms with van der Waals surface area (Å²) in [5.74, 6) is 0.998. The van der Waals surface area contributed by atoms with Gasteiger partial charge in [-0.05, 0) is 44.9 Å². The van der Waals surface area contributed by atoms with E-state index in [4.69, 9.17) is 0 Å². The number of aromatic nitrogens is 4. The predicted octanol–water partition coefficient (Wildman–Crippen LogP) is 3.31. The number of nitrogens with zero attached hydrogens (tertiary/aromatic N) is 5. The predicted molar refractivity (Wildman–Crippen MR) is 102 cm³/mol. The first-order chi connectivity index (χ1) is 13.2. The highest BCUT2D eigenvalue weighted by Gasteiger charge is 2.33. The van der Waals surface area contributed by atoms with Crippen molar-refractivity contribution in [3.63, 3.8) is 0 Å². The van der Waals surface area contributed by atoms with Crippen molar-refractivity contribution in [3.05, 3.63) is 39.4 Å². The fourth-order valence-electron chi connectivity index (χ4n) is 3.29. The summed E-state index contributed by atoms with van der Waals surface area (Å²) in [7, 11) is 0. The van der Waals surface area contributed by atoms with Crippen LogP contribution in [-0.2, 0) is 12.7 Å². The van der Waals surface area contributed by atoms with Gasteiger partial charge in [-0.15, -0.1) is 0 Å². The summed E-state index contributed by atoms with van der Waals surface area (Å²) in [5, 5.41) is 4.23. The van der Waals surface area contributed by atoms with E-state index in [2.05, 4.69) is 20.0 Å². The van der Waals surface area contributed by atoms with Gasteiger partial charge in [-0.1, -0.05) is 11.8 Å². The Morgan fingerprint density at radius 2 is 1.86 bits per heavy atom. The molecule has 152 valence electrons. The summed E-state index contributed by atoms with van der Waals surface area (Å²) in [4.78, 5) is 23.2. The molecule has 3 rings (SSSR count). The minimum atomic E-state index is -4.56. The Labute approximate surface area is 165 Å². The van der Waals surface area contributed by atoms with Crippen LogP contribution in [0.15, 0.2) is 22.1 Å². The number of alkyl halides is 3. The number of rotatable bonds is 4. The van der Waals surface area contributed by atoms with Crippen LogP contribution in [0.2, 0.25) is 0 Å². The van der Waals surface area contributed by atoms with E-state index in [1.165, 1.54) is 11.8 Å². The third-order valence-electron chi connectivity index (χ3n) is 5.03. The van der Waals surface area contributed by atoms with Crippen molar-refractivity contribution < 1.29 is 13.2 Å². The van der Waals surface area contributed by atoms with Gasteiger partial charge in [0, 0.05) is 37.0 Å². The molecule has 0 atom stereocenters.